The first-order valence-corrected chi connectivity index (χ1v) is 9.21. The number of nitrogens with zero attached hydrogens (tertiary/aromatic N) is 4. The van der Waals surface area contributed by atoms with Gasteiger partial charge in [-0.15, -0.1) is 10.2 Å². The van der Waals surface area contributed by atoms with Crippen LogP contribution in [0.2, 0.25) is 0 Å². The van der Waals surface area contributed by atoms with Crippen molar-refractivity contribution in [3.05, 3.63) is 42.9 Å². The molecule has 1 aromatic carbocycles. The summed E-state index contributed by atoms with van der Waals surface area (Å²) in [4.78, 5) is 11.8. The number of aromatic nitrogens is 3. The van der Waals surface area contributed by atoms with Crippen molar-refractivity contribution >= 4 is 27.3 Å². The van der Waals surface area contributed by atoms with Crippen molar-refractivity contribution in [2.75, 3.05) is 24.8 Å². The fraction of sp³-hybridized carbons (Fsp3) is 0.188. The third-order valence-electron chi connectivity index (χ3n) is 4.00. The number of anilines is 1. The molecule has 0 atom stereocenters. The van der Waals surface area contributed by atoms with Crippen LogP contribution in [0.5, 0.6) is 11.5 Å². The van der Waals surface area contributed by atoms with Gasteiger partial charge in [0.2, 0.25) is 6.79 Å². The van der Waals surface area contributed by atoms with Crippen LogP contribution in [0.1, 0.15) is 0 Å². The van der Waals surface area contributed by atoms with Gasteiger partial charge in [0.25, 0.3) is 10.0 Å². The molecule has 0 unspecified atom stereocenters. The minimum atomic E-state index is -4.09. The number of esters is 1. The summed E-state index contributed by atoms with van der Waals surface area (Å²) in [6.07, 6.45) is 2.77. The maximum Gasteiger partial charge on any atom is 0.326 e. The van der Waals surface area contributed by atoms with Gasteiger partial charge in [-0.2, -0.15) is 0 Å². The molecule has 140 valence electrons. The molecule has 1 aliphatic rings. The van der Waals surface area contributed by atoms with Crippen LogP contribution in [0.15, 0.2) is 47.8 Å². The second-order valence-electron chi connectivity index (χ2n) is 5.59. The van der Waals surface area contributed by atoms with Crippen LogP contribution < -0.4 is 13.8 Å². The molecule has 0 N–H and O–H groups in total. The van der Waals surface area contributed by atoms with Crippen molar-refractivity contribution in [3.63, 3.8) is 0 Å². The SMILES string of the molecule is COC(=O)CN(c1ccc2c(c1)OCO2)S(=O)(=O)c1ccc2nncn2c1. The van der Waals surface area contributed by atoms with Gasteiger partial charge in [-0.05, 0) is 24.3 Å². The van der Waals surface area contributed by atoms with Crippen LogP contribution in [-0.4, -0.2) is 49.4 Å². The van der Waals surface area contributed by atoms with E-state index >= 15 is 0 Å². The lowest BCUT2D eigenvalue weighted by atomic mass is 10.3. The standard InChI is InChI=1S/C16H14N4O6S/c1-24-16(21)8-20(11-2-4-13-14(6-11)26-10-25-13)27(22,23)12-3-5-15-18-17-9-19(15)7-12/h2-7,9H,8,10H2,1H3. The summed E-state index contributed by atoms with van der Waals surface area (Å²) in [6, 6.07) is 7.54. The van der Waals surface area contributed by atoms with Gasteiger partial charge >= 0.3 is 5.97 Å². The summed E-state index contributed by atoms with van der Waals surface area (Å²) in [7, 11) is -2.90. The minimum absolute atomic E-state index is 0.0311. The highest BCUT2D eigenvalue weighted by Gasteiger charge is 2.29. The second kappa shape index (κ2) is 6.43. The molecular weight excluding hydrogens is 376 g/mol. The average molecular weight is 390 g/mol. The Balaban J connectivity index is 1.80. The van der Waals surface area contributed by atoms with E-state index in [9.17, 15) is 13.2 Å². The fourth-order valence-corrected chi connectivity index (χ4v) is 4.03. The van der Waals surface area contributed by atoms with E-state index in [1.807, 2.05) is 0 Å². The molecule has 3 aromatic rings. The fourth-order valence-electron chi connectivity index (χ4n) is 2.62. The smallest absolute Gasteiger partial charge is 0.326 e. The number of rotatable bonds is 5. The van der Waals surface area contributed by atoms with Crippen LogP contribution >= 0.6 is 0 Å². The van der Waals surface area contributed by atoms with Gasteiger partial charge < -0.3 is 14.2 Å². The maximum atomic E-state index is 13.2. The molecule has 11 heteroatoms. The highest BCUT2D eigenvalue weighted by molar-refractivity contribution is 7.92. The van der Waals surface area contributed by atoms with E-state index in [1.165, 1.54) is 48.3 Å². The summed E-state index contributed by atoms with van der Waals surface area (Å²) in [6.45, 7) is -0.453. The predicted molar refractivity (Wildman–Crippen MR) is 92.1 cm³/mol. The molecule has 0 radical (unpaired) electrons. The molecule has 1 aliphatic heterocycles. The molecule has 0 aliphatic carbocycles. The van der Waals surface area contributed by atoms with E-state index in [-0.39, 0.29) is 17.4 Å². The van der Waals surface area contributed by atoms with Crippen LogP contribution in [0.25, 0.3) is 5.65 Å². The second-order valence-corrected chi connectivity index (χ2v) is 7.45. The molecule has 27 heavy (non-hydrogen) atoms. The average Bonchev–Trinajstić information content (AvgIpc) is 3.33. The number of fused-ring (bicyclic) bond motifs is 2. The third-order valence-corrected chi connectivity index (χ3v) is 5.75. The van der Waals surface area contributed by atoms with Crippen molar-refractivity contribution < 1.29 is 27.4 Å². The zero-order valence-corrected chi connectivity index (χ0v) is 14.9. The van der Waals surface area contributed by atoms with E-state index in [2.05, 4.69) is 14.9 Å². The van der Waals surface area contributed by atoms with Crippen LogP contribution in [0.4, 0.5) is 5.69 Å². The number of benzene rings is 1. The molecule has 4 rings (SSSR count). The van der Waals surface area contributed by atoms with Crippen LogP contribution in [0.3, 0.4) is 0 Å². The minimum Gasteiger partial charge on any atom is -0.468 e. The Morgan fingerprint density at radius 3 is 2.89 bits per heavy atom. The van der Waals surface area contributed by atoms with E-state index < -0.39 is 22.5 Å². The van der Waals surface area contributed by atoms with Crippen molar-refractivity contribution in [2.45, 2.75) is 4.90 Å². The number of carbonyl (C=O) groups excluding carboxylic acids is 1. The summed E-state index contributed by atoms with van der Waals surface area (Å²) < 4.78 is 44.1. The van der Waals surface area contributed by atoms with Crippen LogP contribution in [-0.2, 0) is 19.6 Å². The molecule has 0 spiro atoms. The van der Waals surface area contributed by atoms with E-state index in [1.54, 1.807) is 6.07 Å². The van der Waals surface area contributed by atoms with Crippen molar-refractivity contribution in [1.29, 1.82) is 0 Å². The Hall–Kier alpha value is -3.34. The highest BCUT2D eigenvalue weighted by Crippen LogP contribution is 2.37. The van der Waals surface area contributed by atoms with Gasteiger partial charge in [0.05, 0.1) is 12.8 Å². The first-order chi connectivity index (χ1) is 13.0. The normalized spacial score (nSPS) is 12.9. The van der Waals surface area contributed by atoms with Gasteiger partial charge in [-0.1, -0.05) is 0 Å². The number of hydrogen-bond acceptors (Lipinski definition) is 8. The summed E-state index contributed by atoms with van der Waals surface area (Å²) in [5, 5.41) is 7.57. The van der Waals surface area contributed by atoms with Gasteiger partial charge in [0.15, 0.2) is 17.1 Å². The monoisotopic (exact) mass is 390 g/mol. The lowest BCUT2D eigenvalue weighted by Gasteiger charge is -2.23. The Bertz CT molecular complexity index is 1130. The third kappa shape index (κ3) is 3.01. The molecule has 10 nitrogen and oxygen atoms in total. The van der Waals surface area contributed by atoms with Gasteiger partial charge in [0.1, 0.15) is 17.8 Å². The number of carbonyl (C=O) groups is 1. The molecule has 3 heterocycles. The number of sulfonamides is 1. The first kappa shape index (κ1) is 17.1. The Morgan fingerprint density at radius 1 is 1.26 bits per heavy atom. The Morgan fingerprint density at radius 2 is 2.07 bits per heavy atom. The van der Waals surface area contributed by atoms with Crippen molar-refractivity contribution in [1.82, 2.24) is 14.6 Å². The predicted octanol–water partition coefficient (Wildman–Crippen LogP) is 0.826. The number of ether oxygens (including phenoxy) is 3. The van der Waals surface area contributed by atoms with Gasteiger partial charge in [-0.25, -0.2) is 8.42 Å². The number of methoxy groups -OCH3 is 1. The largest absolute Gasteiger partial charge is 0.468 e. The molecule has 0 amide bonds. The van der Waals surface area contributed by atoms with E-state index in [0.29, 0.717) is 17.1 Å². The number of pyridine rings is 1. The summed E-state index contributed by atoms with van der Waals surface area (Å²) >= 11 is 0. The maximum absolute atomic E-state index is 13.2. The topological polar surface area (TPSA) is 112 Å². The Labute approximate surface area is 153 Å². The first-order valence-electron chi connectivity index (χ1n) is 7.77. The molecule has 0 bridgehead atoms. The van der Waals surface area contributed by atoms with Crippen LogP contribution in [0, 0.1) is 0 Å². The van der Waals surface area contributed by atoms with Gasteiger partial charge in [0, 0.05) is 12.3 Å². The lowest BCUT2D eigenvalue weighted by molar-refractivity contribution is -0.138. The summed E-state index contributed by atoms with van der Waals surface area (Å²) in [5.41, 5.74) is 0.741. The summed E-state index contributed by atoms with van der Waals surface area (Å²) in [5.74, 6) is 0.188. The van der Waals surface area contributed by atoms with Crippen molar-refractivity contribution in [2.24, 2.45) is 0 Å². The quantitative estimate of drug-likeness (QED) is 0.589. The van der Waals surface area contributed by atoms with E-state index in [4.69, 9.17) is 9.47 Å². The Kier molecular flexibility index (Phi) is 4.07. The van der Waals surface area contributed by atoms with Gasteiger partial charge in [-0.3, -0.25) is 13.5 Å². The zero-order chi connectivity index (χ0) is 19.0. The molecule has 0 fully saturated rings. The lowest BCUT2D eigenvalue weighted by Crippen LogP contribution is -2.36. The molecule has 0 saturated carbocycles. The van der Waals surface area contributed by atoms with Crippen molar-refractivity contribution in [3.8, 4) is 11.5 Å². The zero-order valence-electron chi connectivity index (χ0n) is 14.1. The highest BCUT2D eigenvalue weighted by atomic mass is 32.2. The van der Waals surface area contributed by atoms with E-state index in [0.717, 1.165) is 4.31 Å². The molecule has 2 aromatic heterocycles. The molecule has 0 saturated heterocycles. The molecular formula is C16H14N4O6S. The number of hydrogen-bond donors (Lipinski definition) is 0.